The number of aryl methyl sites for hydroxylation is 1. The van der Waals surface area contributed by atoms with Crippen molar-refractivity contribution in [1.29, 1.82) is 5.26 Å². The Morgan fingerprint density at radius 2 is 2.24 bits per heavy atom. The number of methoxy groups -OCH3 is 1. The van der Waals surface area contributed by atoms with Gasteiger partial charge in [0, 0.05) is 43.4 Å². The van der Waals surface area contributed by atoms with Gasteiger partial charge in [-0.3, -0.25) is 9.36 Å². The lowest BCUT2D eigenvalue weighted by Gasteiger charge is -2.25. The lowest BCUT2D eigenvalue weighted by molar-refractivity contribution is -0.134. The van der Waals surface area contributed by atoms with Crippen LogP contribution < -0.4 is 16.4 Å². The van der Waals surface area contributed by atoms with E-state index in [1.54, 1.807) is 31.6 Å². The summed E-state index contributed by atoms with van der Waals surface area (Å²) < 4.78 is 17.7. The van der Waals surface area contributed by atoms with E-state index in [9.17, 15) is 14.9 Å². The van der Waals surface area contributed by atoms with E-state index in [0.717, 1.165) is 20.8 Å². The molecule has 1 fully saturated rings. The Morgan fingerprint density at radius 1 is 1.39 bits per heavy atom. The SMILES string of the molecule is CO[C@H]1CCO[C@H](C(=O)N[C@H](C#N)Cc2ccc(-c3ccc4oc(=O)n(C)c4c3)s2)CNC1. The summed E-state index contributed by atoms with van der Waals surface area (Å²) in [4.78, 5) is 26.4. The largest absolute Gasteiger partial charge is 0.419 e. The van der Waals surface area contributed by atoms with Gasteiger partial charge in [0.15, 0.2) is 5.58 Å². The van der Waals surface area contributed by atoms with Crippen LogP contribution in [0.15, 0.2) is 39.5 Å². The minimum absolute atomic E-state index is 0.0629. The van der Waals surface area contributed by atoms with Crippen molar-refractivity contribution in [2.75, 3.05) is 26.8 Å². The van der Waals surface area contributed by atoms with Gasteiger partial charge in [0.05, 0.1) is 24.3 Å². The molecule has 0 saturated carbocycles. The highest BCUT2D eigenvalue weighted by molar-refractivity contribution is 7.15. The van der Waals surface area contributed by atoms with Crippen molar-refractivity contribution in [3.8, 4) is 16.5 Å². The number of fused-ring (bicyclic) bond motifs is 1. The summed E-state index contributed by atoms with van der Waals surface area (Å²) >= 11 is 1.54. The van der Waals surface area contributed by atoms with E-state index in [1.807, 2.05) is 24.3 Å². The van der Waals surface area contributed by atoms with Crippen molar-refractivity contribution in [2.45, 2.75) is 31.1 Å². The van der Waals surface area contributed by atoms with Gasteiger partial charge < -0.3 is 24.5 Å². The molecule has 33 heavy (non-hydrogen) atoms. The van der Waals surface area contributed by atoms with Gasteiger partial charge in [-0.05, 0) is 42.3 Å². The monoisotopic (exact) mass is 470 g/mol. The predicted octanol–water partition coefficient (Wildman–Crippen LogP) is 1.80. The third-order valence-electron chi connectivity index (χ3n) is 5.70. The van der Waals surface area contributed by atoms with Crippen molar-refractivity contribution < 1.29 is 18.7 Å². The smallest absolute Gasteiger partial charge is 0.408 e. The van der Waals surface area contributed by atoms with Gasteiger partial charge in [-0.25, -0.2) is 4.79 Å². The Labute approximate surface area is 194 Å². The molecule has 0 bridgehead atoms. The fourth-order valence-electron chi connectivity index (χ4n) is 3.77. The van der Waals surface area contributed by atoms with Crippen LogP contribution in [0.3, 0.4) is 0 Å². The number of amides is 1. The first kappa shape index (κ1) is 23.2. The fourth-order valence-corrected chi connectivity index (χ4v) is 4.81. The molecule has 3 atom stereocenters. The van der Waals surface area contributed by atoms with E-state index in [1.165, 1.54) is 4.57 Å². The number of ether oxygens (including phenoxy) is 2. The third kappa shape index (κ3) is 5.34. The highest BCUT2D eigenvalue weighted by atomic mass is 32.1. The lowest BCUT2D eigenvalue weighted by Crippen LogP contribution is -2.49. The topological polar surface area (TPSA) is 119 Å². The number of carbonyl (C=O) groups excluding carboxylic acids is 1. The van der Waals surface area contributed by atoms with Gasteiger partial charge in [-0.2, -0.15) is 5.26 Å². The lowest BCUT2D eigenvalue weighted by atomic mass is 10.1. The number of thiophene rings is 1. The van der Waals surface area contributed by atoms with Crippen molar-refractivity contribution >= 4 is 28.3 Å². The molecule has 2 aromatic heterocycles. The summed E-state index contributed by atoms with van der Waals surface area (Å²) in [5.74, 6) is -0.698. The minimum Gasteiger partial charge on any atom is -0.408 e. The van der Waals surface area contributed by atoms with Crippen LogP contribution in [0.4, 0.5) is 0 Å². The summed E-state index contributed by atoms with van der Waals surface area (Å²) in [6, 6.07) is 11.0. The highest BCUT2D eigenvalue weighted by Gasteiger charge is 2.25. The van der Waals surface area contributed by atoms with E-state index in [4.69, 9.17) is 13.9 Å². The fraction of sp³-hybridized carbons (Fsp3) is 0.435. The number of oxazole rings is 1. The van der Waals surface area contributed by atoms with Crippen LogP contribution in [0.1, 0.15) is 11.3 Å². The van der Waals surface area contributed by atoms with Crippen LogP contribution in [-0.2, 0) is 27.7 Å². The average molecular weight is 471 g/mol. The first-order valence-corrected chi connectivity index (χ1v) is 11.5. The molecule has 1 aliphatic heterocycles. The number of aromatic nitrogens is 1. The molecule has 1 aliphatic rings. The maximum absolute atomic E-state index is 12.7. The van der Waals surface area contributed by atoms with E-state index >= 15 is 0 Å². The summed E-state index contributed by atoms with van der Waals surface area (Å²) in [6.07, 6.45) is 0.510. The van der Waals surface area contributed by atoms with Crippen molar-refractivity contribution in [2.24, 2.45) is 7.05 Å². The Morgan fingerprint density at radius 3 is 3.03 bits per heavy atom. The normalized spacial score (nSPS) is 20.0. The Hall–Kier alpha value is -2.97. The first-order valence-electron chi connectivity index (χ1n) is 10.7. The Balaban J connectivity index is 1.39. The van der Waals surface area contributed by atoms with Crippen LogP contribution in [0, 0.1) is 11.3 Å². The molecule has 0 unspecified atom stereocenters. The number of carbonyl (C=O) groups is 1. The molecule has 0 radical (unpaired) electrons. The number of nitriles is 1. The van der Waals surface area contributed by atoms with E-state index in [2.05, 4.69) is 16.7 Å². The van der Waals surface area contributed by atoms with Crippen LogP contribution in [-0.4, -0.2) is 55.5 Å². The Kier molecular flexibility index (Phi) is 7.25. The number of rotatable bonds is 6. The maximum atomic E-state index is 12.7. The zero-order valence-corrected chi connectivity index (χ0v) is 19.3. The summed E-state index contributed by atoms with van der Waals surface area (Å²) in [7, 11) is 3.33. The van der Waals surface area contributed by atoms with Gasteiger partial charge in [0.1, 0.15) is 12.1 Å². The van der Waals surface area contributed by atoms with Crippen LogP contribution >= 0.6 is 11.3 Å². The highest BCUT2D eigenvalue weighted by Crippen LogP contribution is 2.30. The van der Waals surface area contributed by atoms with Gasteiger partial charge in [0.25, 0.3) is 5.91 Å². The second kappa shape index (κ2) is 10.3. The molecule has 1 saturated heterocycles. The standard InChI is InChI=1S/C23H26N4O5S/c1-27-18-9-14(3-5-19(18)32-23(27)29)21-6-4-17(33-21)10-15(11-24)26-22(28)20-13-25-12-16(30-2)7-8-31-20/h3-6,9,15-16,20,25H,7-8,10,12-13H2,1-2H3,(H,26,28)/t15-,16-,20-/m0/s1. The van der Waals surface area contributed by atoms with E-state index in [0.29, 0.717) is 38.1 Å². The van der Waals surface area contributed by atoms with Crippen molar-refractivity contribution in [3.05, 3.63) is 45.8 Å². The van der Waals surface area contributed by atoms with Crippen LogP contribution in [0.5, 0.6) is 0 Å². The summed E-state index contributed by atoms with van der Waals surface area (Å²) in [5, 5.41) is 15.6. The molecule has 10 heteroatoms. The van der Waals surface area contributed by atoms with Gasteiger partial charge in [-0.1, -0.05) is 0 Å². The van der Waals surface area contributed by atoms with Crippen molar-refractivity contribution in [1.82, 2.24) is 15.2 Å². The zero-order valence-electron chi connectivity index (χ0n) is 18.5. The molecule has 9 nitrogen and oxygen atoms in total. The number of nitrogens with zero attached hydrogens (tertiary/aromatic N) is 2. The molecule has 174 valence electrons. The number of benzene rings is 1. The molecular weight excluding hydrogens is 444 g/mol. The summed E-state index contributed by atoms with van der Waals surface area (Å²) in [5.41, 5.74) is 2.22. The number of hydrogen-bond donors (Lipinski definition) is 2. The van der Waals surface area contributed by atoms with Crippen LogP contribution in [0.2, 0.25) is 0 Å². The van der Waals surface area contributed by atoms with Gasteiger partial charge >= 0.3 is 5.76 Å². The average Bonchev–Trinajstić information content (AvgIpc) is 3.37. The molecule has 3 aromatic rings. The third-order valence-corrected chi connectivity index (χ3v) is 6.86. The molecule has 2 N–H and O–H groups in total. The number of nitrogens with one attached hydrogen (secondary N) is 2. The molecule has 0 aliphatic carbocycles. The predicted molar refractivity (Wildman–Crippen MR) is 124 cm³/mol. The minimum atomic E-state index is -0.665. The molecular formula is C23H26N4O5S. The quantitative estimate of drug-likeness (QED) is 0.564. The van der Waals surface area contributed by atoms with Crippen molar-refractivity contribution in [3.63, 3.8) is 0 Å². The van der Waals surface area contributed by atoms with E-state index in [-0.39, 0.29) is 12.0 Å². The van der Waals surface area contributed by atoms with Crippen LogP contribution in [0.25, 0.3) is 21.5 Å². The second-order valence-electron chi connectivity index (χ2n) is 7.93. The zero-order chi connectivity index (χ0) is 23.4. The molecule has 0 spiro atoms. The van der Waals surface area contributed by atoms with Gasteiger partial charge in [-0.15, -0.1) is 11.3 Å². The maximum Gasteiger partial charge on any atom is 0.419 e. The summed E-state index contributed by atoms with van der Waals surface area (Å²) in [6.45, 7) is 1.45. The molecule has 3 heterocycles. The number of hydrogen-bond acceptors (Lipinski definition) is 8. The first-order chi connectivity index (χ1) is 16.0. The molecule has 1 aromatic carbocycles. The molecule has 4 rings (SSSR count). The molecule has 1 amide bonds. The second-order valence-corrected chi connectivity index (χ2v) is 9.10. The van der Waals surface area contributed by atoms with Gasteiger partial charge in [0.2, 0.25) is 0 Å². The van der Waals surface area contributed by atoms with E-state index < -0.39 is 17.9 Å². The Bertz CT molecular complexity index is 1210.